The van der Waals surface area contributed by atoms with Gasteiger partial charge in [-0.15, -0.1) is 0 Å². The quantitative estimate of drug-likeness (QED) is 0.835. The molecule has 2 rings (SSSR count). The second-order valence-corrected chi connectivity index (χ2v) is 4.16. The maximum Gasteiger partial charge on any atom is 0.340 e. The summed E-state index contributed by atoms with van der Waals surface area (Å²) in [6, 6.07) is 10.4. The highest BCUT2D eigenvalue weighted by Crippen LogP contribution is 2.24. The lowest BCUT2D eigenvalue weighted by Crippen LogP contribution is -2.10. The van der Waals surface area contributed by atoms with Gasteiger partial charge in [0, 0.05) is 11.9 Å². The fraction of sp³-hybridized carbons (Fsp3) is 0.133. The molecule has 6 nitrogen and oxygen atoms in total. The van der Waals surface area contributed by atoms with E-state index < -0.39 is 5.97 Å². The number of nitriles is 1. The van der Waals surface area contributed by atoms with Gasteiger partial charge in [0.1, 0.15) is 0 Å². The van der Waals surface area contributed by atoms with E-state index in [0.29, 0.717) is 17.1 Å². The molecule has 0 saturated heterocycles. The number of nitrogens with one attached hydrogen (secondary N) is 1. The van der Waals surface area contributed by atoms with E-state index in [-0.39, 0.29) is 17.9 Å². The Morgan fingerprint density at radius 2 is 2.10 bits per heavy atom. The predicted octanol–water partition coefficient (Wildman–Crippen LogP) is 2.46. The molecule has 21 heavy (non-hydrogen) atoms. The van der Waals surface area contributed by atoms with Crippen molar-refractivity contribution in [1.29, 1.82) is 5.26 Å². The maximum atomic E-state index is 11.8. The van der Waals surface area contributed by atoms with E-state index in [9.17, 15) is 4.79 Å². The Morgan fingerprint density at radius 3 is 2.71 bits per heavy atom. The summed E-state index contributed by atoms with van der Waals surface area (Å²) in [5.41, 5.74) is 7.70. The number of hydrogen-bond donors (Lipinski definition) is 2. The molecular formula is C15H14N4O2. The first-order chi connectivity index (χ1) is 10.2. The normalized spacial score (nSPS) is 9.71. The number of pyridine rings is 1. The number of esters is 1. The molecule has 0 aliphatic heterocycles. The highest BCUT2D eigenvalue weighted by molar-refractivity contribution is 5.98. The molecule has 106 valence electrons. The van der Waals surface area contributed by atoms with Crippen LogP contribution in [0.4, 0.5) is 17.2 Å². The lowest BCUT2D eigenvalue weighted by atomic mass is 10.2. The van der Waals surface area contributed by atoms with Crippen molar-refractivity contribution in [3.63, 3.8) is 0 Å². The van der Waals surface area contributed by atoms with Gasteiger partial charge in [0.15, 0.2) is 5.82 Å². The van der Waals surface area contributed by atoms with Gasteiger partial charge < -0.3 is 15.8 Å². The van der Waals surface area contributed by atoms with Crippen molar-refractivity contribution in [2.24, 2.45) is 0 Å². The number of nitrogens with zero attached hydrogens (tertiary/aromatic N) is 2. The SMILES string of the molecule is CCOC(=O)c1ccnc(Nc2ccc(C#N)cc2)c1N. The van der Waals surface area contributed by atoms with Gasteiger partial charge in [0.05, 0.1) is 29.5 Å². The van der Waals surface area contributed by atoms with Gasteiger partial charge in [-0.1, -0.05) is 0 Å². The molecule has 0 saturated carbocycles. The molecule has 0 spiro atoms. The number of ether oxygens (including phenoxy) is 1. The number of benzene rings is 1. The van der Waals surface area contributed by atoms with E-state index in [1.165, 1.54) is 12.3 Å². The lowest BCUT2D eigenvalue weighted by molar-refractivity contribution is 0.0527. The summed E-state index contributed by atoms with van der Waals surface area (Å²) in [4.78, 5) is 15.9. The van der Waals surface area contributed by atoms with Crippen LogP contribution in [0.5, 0.6) is 0 Å². The van der Waals surface area contributed by atoms with E-state index in [1.807, 2.05) is 6.07 Å². The molecule has 1 aromatic carbocycles. The topological polar surface area (TPSA) is 101 Å². The number of carbonyl (C=O) groups excluding carboxylic acids is 1. The van der Waals surface area contributed by atoms with Gasteiger partial charge >= 0.3 is 5.97 Å². The zero-order valence-electron chi connectivity index (χ0n) is 11.5. The van der Waals surface area contributed by atoms with Gasteiger partial charge in [-0.2, -0.15) is 5.26 Å². The standard InChI is InChI=1S/C15H14N4O2/c1-2-21-15(20)12-7-8-18-14(13(12)17)19-11-5-3-10(9-16)4-6-11/h3-8H,2,17H2,1H3,(H,18,19). The molecule has 0 fully saturated rings. The van der Waals surface area contributed by atoms with Crippen molar-refractivity contribution in [3.8, 4) is 6.07 Å². The van der Waals surface area contributed by atoms with Crippen LogP contribution in [0.2, 0.25) is 0 Å². The Hall–Kier alpha value is -3.07. The fourth-order valence-electron chi connectivity index (χ4n) is 1.72. The van der Waals surface area contributed by atoms with E-state index in [0.717, 1.165) is 0 Å². The molecule has 3 N–H and O–H groups in total. The molecular weight excluding hydrogens is 268 g/mol. The van der Waals surface area contributed by atoms with Gasteiger partial charge in [0.2, 0.25) is 0 Å². The third-order valence-corrected chi connectivity index (χ3v) is 2.76. The van der Waals surface area contributed by atoms with Gasteiger partial charge in [-0.3, -0.25) is 0 Å². The predicted molar refractivity (Wildman–Crippen MR) is 79.0 cm³/mol. The van der Waals surface area contributed by atoms with Crippen LogP contribution in [-0.4, -0.2) is 17.6 Å². The summed E-state index contributed by atoms with van der Waals surface area (Å²) in [5, 5.41) is 11.8. The van der Waals surface area contributed by atoms with E-state index in [1.54, 1.807) is 31.2 Å². The average molecular weight is 282 g/mol. The number of nitrogen functional groups attached to an aromatic ring is 1. The average Bonchev–Trinajstić information content (AvgIpc) is 2.50. The second-order valence-electron chi connectivity index (χ2n) is 4.16. The number of anilines is 3. The molecule has 0 amide bonds. The number of aromatic nitrogens is 1. The summed E-state index contributed by atoms with van der Waals surface area (Å²) in [6.07, 6.45) is 1.48. The van der Waals surface area contributed by atoms with Crippen LogP contribution in [0.15, 0.2) is 36.5 Å². The van der Waals surface area contributed by atoms with Crippen molar-refractivity contribution in [1.82, 2.24) is 4.98 Å². The number of nitrogens with two attached hydrogens (primary N) is 1. The van der Waals surface area contributed by atoms with Crippen molar-refractivity contribution in [2.75, 3.05) is 17.7 Å². The summed E-state index contributed by atoms with van der Waals surface area (Å²) in [7, 11) is 0. The Labute approximate surface area is 122 Å². The minimum Gasteiger partial charge on any atom is -0.462 e. The number of carbonyl (C=O) groups is 1. The van der Waals surface area contributed by atoms with E-state index in [4.69, 9.17) is 15.7 Å². The molecule has 0 unspecified atom stereocenters. The monoisotopic (exact) mass is 282 g/mol. The molecule has 2 aromatic rings. The Morgan fingerprint density at radius 1 is 1.38 bits per heavy atom. The molecule has 0 aliphatic rings. The van der Waals surface area contributed by atoms with Crippen LogP contribution in [0.1, 0.15) is 22.8 Å². The summed E-state index contributed by atoms with van der Waals surface area (Å²) in [6.45, 7) is 2.00. The van der Waals surface area contributed by atoms with Crippen molar-refractivity contribution in [2.45, 2.75) is 6.92 Å². The van der Waals surface area contributed by atoms with Gasteiger partial charge in [-0.05, 0) is 37.3 Å². The smallest absolute Gasteiger partial charge is 0.340 e. The van der Waals surface area contributed by atoms with E-state index >= 15 is 0 Å². The number of hydrogen-bond acceptors (Lipinski definition) is 6. The highest BCUT2D eigenvalue weighted by atomic mass is 16.5. The molecule has 1 heterocycles. The largest absolute Gasteiger partial charge is 0.462 e. The van der Waals surface area contributed by atoms with Crippen LogP contribution in [0.3, 0.4) is 0 Å². The third-order valence-electron chi connectivity index (χ3n) is 2.76. The molecule has 6 heteroatoms. The maximum absolute atomic E-state index is 11.8. The van der Waals surface area contributed by atoms with Crippen LogP contribution in [0.25, 0.3) is 0 Å². The molecule has 0 aliphatic carbocycles. The van der Waals surface area contributed by atoms with Crippen LogP contribution < -0.4 is 11.1 Å². The second kappa shape index (κ2) is 6.39. The molecule has 0 radical (unpaired) electrons. The Balaban J connectivity index is 2.26. The first-order valence-corrected chi connectivity index (χ1v) is 6.34. The van der Waals surface area contributed by atoms with Crippen molar-refractivity contribution < 1.29 is 9.53 Å². The van der Waals surface area contributed by atoms with Crippen LogP contribution in [0, 0.1) is 11.3 Å². The lowest BCUT2D eigenvalue weighted by Gasteiger charge is -2.11. The Kier molecular flexibility index (Phi) is 4.36. The molecule has 0 atom stereocenters. The first kappa shape index (κ1) is 14.3. The zero-order valence-corrected chi connectivity index (χ0v) is 11.5. The van der Waals surface area contributed by atoms with E-state index in [2.05, 4.69) is 10.3 Å². The summed E-state index contributed by atoms with van der Waals surface area (Å²) >= 11 is 0. The molecule has 1 aromatic heterocycles. The van der Waals surface area contributed by atoms with Crippen LogP contribution in [-0.2, 0) is 4.74 Å². The van der Waals surface area contributed by atoms with Crippen molar-refractivity contribution >= 4 is 23.2 Å². The molecule has 0 bridgehead atoms. The minimum atomic E-state index is -0.486. The highest BCUT2D eigenvalue weighted by Gasteiger charge is 2.14. The van der Waals surface area contributed by atoms with Gasteiger partial charge in [0.25, 0.3) is 0 Å². The van der Waals surface area contributed by atoms with Crippen molar-refractivity contribution in [3.05, 3.63) is 47.7 Å². The Bertz CT molecular complexity index is 690. The summed E-state index contributed by atoms with van der Waals surface area (Å²) in [5.74, 6) is -0.120. The fourth-order valence-corrected chi connectivity index (χ4v) is 1.72. The van der Waals surface area contributed by atoms with Gasteiger partial charge in [-0.25, -0.2) is 9.78 Å². The number of rotatable bonds is 4. The van der Waals surface area contributed by atoms with Crippen LogP contribution >= 0.6 is 0 Å². The zero-order chi connectivity index (χ0) is 15.2. The summed E-state index contributed by atoms with van der Waals surface area (Å²) < 4.78 is 4.93. The third kappa shape index (κ3) is 3.28. The first-order valence-electron chi connectivity index (χ1n) is 6.34. The minimum absolute atomic E-state index is 0.223.